The fraction of sp³-hybridized carbons (Fsp3) is 0.842. The molecule has 6 saturated carbocycles. The first-order valence-corrected chi connectivity index (χ1v) is 19.7. The van der Waals surface area contributed by atoms with Crippen molar-refractivity contribution in [2.45, 2.75) is 143 Å². The summed E-state index contributed by atoms with van der Waals surface area (Å²) in [5, 5.41) is 20.9. The Labute approximate surface area is 379 Å². The molecule has 11 heteroatoms. The second-order valence-electron chi connectivity index (χ2n) is 17.6. The van der Waals surface area contributed by atoms with E-state index < -0.39 is 10.4 Å². The molecule has 4 unspecified atom stereocenters. The molecule has 0 bridgehead atoms. The summed E-state index contributed by atoms with van der Waals surface area (Å²) in [6.07, 6.45) is 21.4. The molecular weight excluding hydrogens is 695 g/mol. The number of aliphatic hydroxyl groups is 2. The average molecular weight is 751 g/mol. The molecule has 8 aliphatic rings. The summed E-state index contributed by atoms with van der Waals surface area (Å²) in [4.78, 5) is 23.6. The van der Waals surface area contributed by atoms with E-state index in [0.29, 0.717) is 23.4 Å². The first kappa shape index (κ1) is 43.6. The van der Waals surface area contributed by atoms with Gasteiger partial charge in [0.05, 0.1) is 12.2 Å². The van der Waals surface area contributed by atoms with E-state index in [4.69, 9.17) is 17.5 Å². The zero-order chi connectivity index (χ0) is 34.2. The minimum Gasteiger partial charge on any atom is -0.759 e. The zero-order valence-corrected chi connectivity index (χ0v) is 37.9. The number of ketones is 2. The molecule has 8 nitrogen and oxygen atoms in total. The van der Waals surface area contributed by atoms with Crippen molar-refractivity contribution in [2.24, 2.45) is 57.2 Å². The van der Waals surface area contributed by atoms with Crippen LogP contribution in [0.5, 0.6) is 0 Å². The van der Waals surface area contributed by atoms with E-state index in [2.05, 4.69) is 27.7 Å². The van der Waals surface area contributed by atoms with E-state index in [-0.39, 0.29) is 137 Å². The smallest absolute Gasteiger partial charge is 0.759 e. The third-order valence-electron chi connectivity index (χ3n) is 15.8. The molecule has 264 valence electrons. The molecule has 0 aromatic heterocycles. The first-order chi connectivity index (χ1) is 21.9. The van der Waals surface area contributed by atoms with Crippen molar-refractivity contribution in [2.75, 3.05) is 0 Å². The molecule has 2 N–H and O–H groups in total. The second-order valence-corrected chi connectivity index (χ2v) is 18.4. The Morgan fingerprint density at radius 3 is 1.27 bits per heavy atom. The predicted octanol–water partition coefficient (Wildman–Crippen LogP) is 0.428. The number of rotatable bonds is 0. The van der Waals surface area contributed by atoms with Crippen molar-refractivity contribution < 1.29 is 140 Å². The van der Waals surface area contributed by atoms with Gasteiger partial charge in [-0.2, -0.15) is 0 Å². The summed E-state index contributed by atoms with van der Waals surface area (Å²) < 4.78 is 34.1. The first-order valence-electron chi connectivity index (χ1n) is 18.4. The Morgan fingerprint density at radius 2 is 0.918 bits per heavy atom. The van der Waals surface area contributed by atoms with Crippen LogP contribution in [0.25, 0.3) is 0 Å². The third kappa shape index (κ3) is 8.23. The molecule has 0 aromatic carbocycles. The van der Waals surface area contributed by atoms with Crippen LogP contribution in [0, 0.1) is 57.2 Å². The molecule has 49 heavy (non-hydrogen) atoms. The molecule has 0 aromatic rings. The van der Waals surface area contributed by atoms with Crippen molar-refractivity contribution in [1.29, 1.82) is 0 Å². The SMILES string of the molecule is C[C@]12CCC(=O)C=C1CCC1C2CC[C@@]2(C)C1CC[C@@H]2O.C[C@]12CCC(=O)C=C1CC[C@@H]1C3CC[C@H](O)[C@@]3(C)CC[C@H]12.O=S(=O)([O-])[O-].[K+].[K+]. The van der Waals surface area contributed by atoms with Gasteiger partial charge in [-0.15, -0.1) is 0 Å². The maximum atomic E-state index is 11.8. The van der Waals surface area contributed by atoms with Gasteiger partial charge in [-0.1, -0.05) is 38.8 Å². The van der Waals surface area contributed by atoms with Crippen LogP contribution in [-0.2, 0) is 20.0 Å². The van der Waals surface area contributed by atoms with Crippen molar-refractivity contribution >= 4 is 22.0 Å². The zero-order valence-electron chi connectivity index (χ0n) is 30.8. The standard InChI is InChI=1S/2C19H28O2.2K.H2O4S/c2*1-18-9-7-13(20)11-12(18)3-4-14-15-5-6-17(21)19(15,2)10-8-16(14)18;;;1-5(2,3)4/h2*11,14-17,21H,3-10H2,1-2H3;;;(H2,1,2,3,4)/q;;2*+1;/p-2/t14?,15?,16?,17-,18-,19-;14-,15?,16-,17+,18+,19+;;;/m01.../s1. The van der Waals surface area contributed by atoms with Crippen LogP contribution in [0.1, 0.15) is 130 Å². The molecule has 0 amide bonds. The van der Waals surface area contributed by atoms with Gasteiger partial charge in [0.25, 0.3) is 0 Å². The number of allylic oxidation sites excluding steroid dienone is 2. The molecular formula is C38H56K2O8S. The maximum absolute atomic E-state index is 11.8. The van der Waals surface area contributed by atoms with E-state index in [1.807, 2.05) is 12.2 Å². The van der Waals surface area contributed by atoms with E-state index in [0.717, 1.165) is 75.0 Å². The molecule has 8 rings (SSSR count). The summed E-state index contributed by atoms with van der Waals surface area (Å²) in [5.74, 6) is 5.15. The average Bonchev–Trinajstić information content (AvgIpc) is 3.47. The topological polar surface area (TPSA) is 155 Å². The molecule has 0 radical (unpaired) electrons. The monoisotopic (exact) mass is 750 g/mol. The van der Waals surface area contributed by atoms with Crippen LogP contribution in [0.4, 0.5) is 0 Å². The van der Waals surface area contributed by atoms with E-state index in [1.54, 1.807) is 0 Å². The Kier molecular flexibility index (Phi) is 14.4. The predicted molar refractivity (Wildman–Crippen MR) is 176 cm³/mol. The summed E-state index contributed by atoms with van der Waals surface area (Å²) >= 11 is 0. The fourth-order valence-electron chi connectivity index (χ4n) is 13.1. The van der Waals surface area contributed by atoms with Gasteiger partial charge in [-0.25, -0.2) is 0 Å². The van der Waals surface area contributed by atoms with Crippen molar-refractivity contribution in [3.8, 4) is 0 Å². The van der Waals surface area contributed by atoms with Gasteiger partial charge in [0, 0.05) is 23.2 Å². The number of aliphatic hydroxyl groups excluding tert-OH is 2. The van der Waals surface area contributed by atoms with Gasteiger partial charge in [0.15, 0.2) is 11.6 Å². The molecule has 8 aliphatic carbocycles. The third-order valence-corrected chi connectivity index (χ3v) is 15.8. The van der Waals surface area contributed by atoms with E-state index in [1.165, 1.54) is 62.5 Å². The van der Waals surface area contributed by atoms with Gasteiger partial charge in [-0.3, -0.25) is 18.0 Å². The quantitative estimate of drug-likeness (QED) is 0.205. The van der Waals surface area contributed by atoms with Crippen LogP contribution >= 0.6 is 0 Å². The van der Waals surface area contributed by atoms with Crippen LogP contribution in [0.2, 0.25) is 0 Å². The number of hydrogen-bond donors (Lipinski definition) is 2. The van der Waals surface area contributed by atoms with Gasteiger partial charge >= 0.3 is 103 Å². The Balaban J connectivity index is 0.000000188. The minimum atomic E-state index is -5.17. The van der Waals surface area contributed by atoms with E-state index in [9.17, 15) is 19.8 Å². The number of carbonyl (C=O) groups excluding carboxylic acids is 2. The maximum Gasteiger partial charge on any atom is 1.00 e. The van der Waals surface area contributed by atoms with Gasteiger partial charge in [0.2, 0.25) is 0 Å². The van der Waals surface area contributed by atoms with Gasteiger partial charge < -0.3 is 19.3 Å². The molecule has 12 atom stereocenters. The van der Waals surface area contributed by atoms with Crippen LogP contribution in [0.3, 0.4) is 0 Å². The molecule has 0 heterocycles. The van der Waals surface area contributed by atoms with Crippen LogP contribution in [0.15, 0.2) is 23.3 Å². The summed E-state index contributed by atoms with van der Waals surface area (Å²) in [5.41, 5.74) is 3.77. The fourth-order valence-corrected chi connectivity index (χ4v) is 13.1. The van der Waals surface area contributed by atoms with Crippen molar-refractivity contribution in [3.63, 3.8) is 0 Å². The van der Waals surface area contributed by atoms with Crippen molar-refractivity contribution in [1.82, 2.24) is 0 Å². The Morgan fingerprint density at radius 1 is 0.571 bits per heavy atom. The molecule has 6 fully saturated rings. The largest absolute Gasteiger partial charge is 1.00 e. The van der Waals surface area contributed by atoms with E-state index >= 15 is 0 Å². The normalized spacial score (nSPS) is 46.4. The van der Waals surface area contributed by atoms with Gasteiger partial charge in [-0.05, 0) is 159 Å². The minimum absolute atomic E-state index is 0. The Hall–Kier alpha value is 1.88. The molecule has 0 spiro atoms. The number of fused-ring (bicyclic) bond motifs is 10. The Bertz CT molecular complexity index is 1350. The number of hydrogen-bond acceptors (Lipinski definition) is 8. The molecule has 0 aliphatic heterocycles. The van der Waals surface area contributed by atoms with Crippen LogP contribution < -0.4 is 103 Å². The summed E-state index contributed by atoms with van der Waals surface area (Å²) in [6, 6.07) is 0. The van der Waals surface area contributed by atoms with Crippen molar-refractivity contribution in [3.05, 3.63) is 23.3 Å². The second kappa shape index (κ2) is 16.2. The number of carbonyl (C=O) groups is 2. The summed E-state index contributed by atoms with van der Waals surface area (Å²) in [6.45, 7) is 9.53. The summed E-state index contributed by atoms with van der Waals surface area (Å²) in [7, 11) is -5.17. The van der Waals surface area contributed by atoms with Gasteiger partial charge in [0.1, 0.15) is 0 Å². The van der Waals surface area contributed by atoms with Crippen LogP contribution in [-0.4, -0.2) is 51.5 Å². The molecule has 0 saturated heterocycles.